The van der Waals surface area contributed by atoms with Crippen LogP contribution in [0.3, 0.4) is 0 Å². The molecule has 3 rings (SSSR count). The molecule has 1 atom stereocenters. The number of carbonyl (C=O) groups excluding carboxylic acids is 1. The largest absolute Gasteiger partial charge is 0.456 e. The average molecular weight is 458 g/mol. The van der Waals surface area contributed by atoms with E-state index in [1.54, 1.807) is 11.8 Å². The first kappa shape index (κ1) is 22.7. The van der Waals surface area contributed by atoms with Gasteiger partial charge in [0.2, 0.25) is 5.91 Å². The minimum Gasteiger partial charge on any atom is -0.456 e. The van der Waals surface area contributed by atoms with E-state index in [-0.39, 0.29) is 33.8 Å². The van der Waals surface area contributed by atoms with Crippen LogP contribution in [0.4, 0.5) is 24.5 Å². The molecule has 11 heteroatoms. The Morgan fingerprint density at radius 1 is 1.23 bits per heavy atom. The molecule has 1 aliphatic rings. The molecule has 0 spiro atoms. The molecule has 0 saturated carbocycles. The summed E-state index contributed by atoms with van der Waals surface area (Å²) < 4.78 is 43.9. The van der Waals surface area contributed by atoms with Crippen LogP contribution in [0.15, 0.2) is 36.4 Å². The minimum atomic E-state index is -4.55. The highest BCUT2D eigenvalue weighted by Gasteiger charge is 2.31. The molecular weight excluding hydrogens is 439 g/mol. The number of nitro groups is 1. The quantitative estimate of drug-likeness (QED) is 0.458. The number of hydrogen-bond acceptors (Lipinski definition) is 5. The van der Waals surface area contributed by atoms with E-state index in [1.165, 1.54) is 18.2 Å². The minimum absolute atomic E-state index is 0.0457. The molecule has 0 radical (unpaired) electrons. The number of halogens is 4. The van der Waals surface area contributed by atoms with Crippen LogP contribution in [0.25, 0.3) is 0 Å². The number of nitro benzene ring substituents is 1. The van der Waals surface area contributed by atoms with Gasteiger partial charge in [-0.05, 0) is 44.0 Å². The van der Waals surface area contributed by atoms with Crippen molar-refractivity contribution in [1.29, 1.82) is 0 Å². The predicted octanol–water partition coefficient (Wildman–Crippen LogP) is 5.48. The summed E-state index contributed by atoms with van der Waals surface area (Å²) in [5.74, 6) is -0.116. The first-order valence-electron chi connectivity index (χ1n) is 9.44. The lowest BCUT2D eigenvalue weighted by Gasteiger charge is -2.22. The van der Waals surface area contributed by atoms with Gasteiger partial charge in [-0.1, -0.05) is 11.6 Å². The summed E-state index contributed by atoms with van der Waals surface area (Å²) in [6, 6.07) is 5.69. The SMILES string of the molecule is C[C@H](Nc1cc(Oc2ccc(C(F)(F)F)cc2Cl)ccc1[N+](=O)[O-])C(=O)N1CCCC1. The molecule has 1 heterocycles. The van der Waals surface area contributed by atoms with Crippen molar-refractivity contribution in [3.05, 3.63) is 57.1 Å². The second-order valence-electron chi connectivity index (χ2n) is 7.08. The fraction of sp³-hybridized carbons (Fsp3) is 0.350. The molecule has 0 unspecified atom stereocenters. The number of carbonyl (C=O) groups is 1. The van der Waals surface area contributed by atoms with Crippen molar-refractivity contribution >= 4 is 28.9 Å². The van der Waals surface area contributed by atoms with E-state index in [2.05, 4.69) is 5.32 Å². The summed E-state index contributed by atoms with van der Waals surface area (Å²) in [4.78, 5) is 25.0. The van der Waals surface area contributed by atoms with Crippen LogP contribution in [-0.4, -0.2) is 34.9 Å². The predicted molar refractivity (Wildman–Crippen MR) is 109 cm³/mol. The Bertz CT molecular complexity index is 994. The Balaban J connectivity index is 1.83. The van der Waals surface area contributed by atoms with Gasteiger partial charge in [-0.2, -0.15) is 13.2 Å². The number of anilines is 1. The maximum Gasteiger partial charge on any atom is 0.416 e. The van der Waals surface area contributed by atoms with Crippen LogP contribution in [-0.2, 0) is 11.0 Å². The number of nitrogens with one attached hydrogen (secondary N) is 1. The number of rotatable bonds is 6. The number of alkyl halides is 3. The normalized spacial score (nSPS) is 14.9. The Hall–Kier alpha value is -3.01. The number of amides is 1. The van der Waals surface area contributed by atoms with Crippen LogP contribution in [0, 0.1) is 10.1 Å². The topological polar surface area (TPSA) is 84.7 Å². The molecule has 1 N–H and O–H groups in total. The van der Waals surface area contributed by atoms with E-state index in [0.29, 0.717) is 13.1 Å². The zero-order chi connectivity index (χ0) is 22.8. The first-order valence-corrected chi connectivity index (χ1v) is 9.82. The zero-order valence-corrected chi connectivity index (χ0v) is 17.2. The van der Waals surface area contributed by atoms with Gasteiger partial charge in [-0.3, -0.25) is 14.9 Å². The van der Waals surface area contributed by atoms with E-state index in [0.717, 1.165) is 31.0 Å². The molecule has 2 aromatic rings. The molecule has 1 saturated heterocycles. The van der Waals surface area contributed by atoms with E-state index >= 15 is 0 Å². The fourth-order valence-electron chi connectivity index (χ4n) is 3.25. The summed E-state index contributed by atoms with van der Waals surface area (Å²) in [6.45, 7) is 2.88. The smallest absolute Gasteiger partial charge is 0.416 e. The van der Waals surface area contributed by atoms with Crippen LogP contribution >= 0.6 is 11.6 Å². The molecule has 7 nitrogen and oxygen atoms in total. The number of hydrogen-bond donors (Lipinski definition) is 1. The molecule has 0 aromatic heterocycles. The second-order valence-corrected chi connectivity index (χ2v) is 7.49. The van der Waals surface area contributed by atoms with Gasteiger partial charge in [0, 0.05) is 25.2 Å². The molecule has 166 valence electrons. The van der Waals surface area contributed by atoms with Gasteiger partial charge in [-0.15, -0.1) is 0 Å². The van der Waals surface area contributed by atoms with Gasteiger partial charge in [0.05, 0.1) is 15.5 Å². The fourth-order valence-corrected chi connectivity index (χ4v) is 3.47. The van der Waals surface area contributed by atoms with Gasteiger partial charge >= 0.3 is 6.18 Å². The molecule has 1 fully saturated rings. The first-order chi connectivity index (χ1) is 14.6. The Kier molecular flexibility index (Phi) is 6.59. The maximum atomic E-state index is 12.8. The van der Waals surface area contributed by atoms with Gasteiger partial charge in [0.25, 0.3) is 5.69 Å². The van der Waals surface area contributed by atoms with Crippen LogP contribution in [0.1, 0.15) is 25.3 Å². The highest BCUT2D eigenvalue weighted by molar-refractivity contribution is 6.32. The third kappa shape index (κ3) is 5.38. The zero-order valence-electron chi connectivity index (χ0n) is 16.4. The van der Waals surface area contributed by atoms with Crippen molar-refractivity contribution in [3.8, 4) is 11.5 Å². The number of nitrogens with zero attached hydrogens (tertiary/aromatic N) is 2. The molecule has 1 amide bonds. The lowest BCUT2D eigenvalue weighted by Crippen LogP contribution is -2.39. The average Bonchev–Trinajstić information content (AvgIpc) is 3.22. The van der Waals surface area contributed by atoms with Crippen molar-refractivity contribution in [2.45, 2.75) is 32.0 Å². The Morgan fingerprint density at radius 3 is 2.48 bits per heavy atom. The van der Waals surface area contributed by atoms with Gasteiger partial charge in [0.15, 0.2) is 0 Å². The third-order valence-electron chi connectivity index (χ3n) is 4.81. The Morgan fingerprint density at radius 2 is 1.90 bits per heavy atom. The lowest BCUT2D eigenvalue weighted by molar-refractivity contribution is -0.384. The molecule has 1 aliphatic heterocycles. The van der Waals surface area contributed by atoms with Gasteiger partial charge in [0.1, 0.15) is 23.2 Å². The summed E-state index contributed by atoms with van der Waals surface area (Å²) in [5.41, 5.74) is -1.15. The number of ether oxygens (including phenoxy) is 1. The highest BCUT2D eigenvalue weighted by Crippen LogP contribution is 2.38. The Labute approximate surface area is 180 Å². The monoisotopic (exact) mass is 457 g/mol. The lowest BCUT2D eigenvalue weighted by atomic mass is 10.2. The van der Waals surface area contributed by atoms with E-state index in [1.807, 2.05) is 0 Å². The number of benzene rings is 2. The summed E-state index contributed by atoms with van der Waals surface area (Å²) >= 11 is 5.91. The van der Waals surface area contributed by atoms with Crippen molar-refractivity contribution in [2.75, 3.05) is 18.4 Å². The van der Waals surface area contributed by atoms with E-state index in [9.17, 15) is 28.1 Å². The molecule has 2 aromatic carbocycles. The summed E-state index contributed by atoms with van der Waals surface area (Å²) in [6.07, 6.45) is -2.73. The van der Waals surface area contributed by atoms with Crippen LogP contribution < -0.4 is 10.1 Å². The van der Waals surface area contributed by atoms with Crippen LogP contribution in [0.2, 0.25) is 5.02 Å². The van der Waals surface area contributed by atoms with Crippen molar-refractivity contribution in [1.82, 2.24) is 4.90 Å². The second kappa shape index (κ2) is 9.01. The molecule has 0 aliphatic carbocycles. The molecular formula is C20H19ClF3N3O4. The summed E-state index contributed by atoms with van der Waals surface area (Å²) in [5, 5.41) is 14.0. The molecule has 31 heavy (non-hydrogen) atoms. The highest BCUT2D eigenvalue weighted by atomic mass is 35.5. The van der Waals surface area contributed by atoms with Crippen molar-refractivity contribution in [2.24, 2.45) is 0 Å². The van der Waals surface area contributed by atoms with Crippen molar-refractivity contribution < 1.29 is 27.6 Å². The van der Waals surface area contributed by atoms with E-state index < -0.39 is 22.7 Å². The third-order valence-corrected chi connectivity index (χ3v) is 5.11. The summed E-state index contributed by atoms with van der Waals surface area (Å²) in [7, 11) is 0. The molecule has 0 bridgehead atoms. The maximum absolute atomic E-state index is 12.8. The van der Waals surface area contributed by atoms with Crippen LogP contribution in [0.5, 0.6) is 11.5 Å². The van der Waals surface area contributed by atoms with E-state index in [4.69, 9.17) is 16.3 Å². The van der Waals surface area contributed by atoms with Gasteiger partial charge < -0.3 is 15.0 Å². The van der Waals surface area contributed by atoms with Crippen molar-refractivity contribution in [3.63, 3.8) is 0 Å². The van der Waals surface area contributed by atoms with Gasteiger partial charge in [-0.25, -0.2) is 0 Å². The number of likely N-dealkylation sites (tertiary alicyclic amines) is 1. The standard InChI is InChI=1S/C20H19ClF3N3O4/c1-12(19(28)26-8-2-3-9-26)25-16-11-14(5-6-17(16)27(29)30)31-18-7-4-13(10-15(18)21)20(22,23)24/h4-7,10-12,25H,2-3,8-9H2,1H3/t12-/m0/s1.